The zero-order chi connectivity index (χ0) is 16.7. The van der Waals surface area contributed by atoms with Gasteiger partial charge in [-0.2, -0.15) is 5.26 Å². The second kappa shape index (κ2) is 8.43. The first-order valence-electron chi connectivity index (χ1n) is 8.14. The molecule has 0 aliphatic rings. The molecule has 0 radical (unpaired) electrons. The topological polar surface area (TPSA) is 23.8 Å². The molecule has 0 atom stereocenters. The Morgan fingerprint density at radius 3 is 2.22 bits per heavy atom. The van der Waals surface area contributed by atoms with Crippen molar-refractivity contribution >= 4 is 0 Å². The third-order valence-electron chi connectivity index (χ3n) is 4.04. The summed E-state index contributed by atoms with van der Waals surface area (Å²) in [6.07, 6.45) is 7.17. The van der Waals surface area contributed by atoms with Gasteiger partial charge in [0.25, 0.3) is 0 Å². The maximum absolute atomic E-state index is 14.0. The fraction of sp³-hybridized carbons (Fsp3) is 0.350. The van der Waals surface area contributed by atoms with Crippen LogP contribution >= 0.6 is 0 Å². The van der Waals surface area contributed by atoms with Crippen LogP contribution in [0.4, 0.5) is 8.78 Å². The van der Waals surface area contributed by atoms with E-state index in [1.807, 2.05) is 24.3 Å². The molecule has 0 unspecified atom stereocenters. The average molecular weight is 313 g/mol. The summed E-state index contributed by atoms with van der Waals surface area (Å²) in [6, 6.07) is 12.0. The number of aryl methyl sites for hydroxylation is 1. The van der Waals surface area contributed by atoms with Crippen molar-refractivity contribution in [1.29, 1.82) is 5.26 Å². The van der Waals surface area contributed by atoms with Crippen LogP contribution < -0.4 is 0 Å². The largest absolute Gasteiger partial charge is 0.203 e. The Kier molecular flexibility index (Phi) is 6.29. The minimum atomic E-state index is -1.08. The molecule has 0 N–H and O–H groups in total. The van der Waals surface area contributed by atoms with Crippen LogP contribution in [0.25, 0.3) is 11.1 Å². The van der Waals surface area contributed by atoms with E-state index in [1.165, 1.54) is 43.4 Å². The Labute approximate surface area is 136 Å². The van der Waals surface area contributed by atoms with Crippen LogP contribution in [-0.4, -0.2) is 0 Å². The number of hydrogen-bond donors (Lipinski definition) is 0. The van der Waals surface area contributed by atoms with Crippen molar-refractivity contribution in [3.63, 3.8) is 0 Å². The average Bonchev–Trinajstić information content (AvgIpc) is 2.58. The van der Waals surface area contributed by atoms with Gasteiger partial charge in [0.2, 0.25) is 0 Å². The Morgan fingerprint density at radius 1 is 0.870 bits per heavy atom. The fourth-order valence-electron chi connectivity index (χ4n) is 2.64. The van der Waals surface area contributed by atoms with Gasteiger partial charge in [-0.3, -0.25) is 0 Å². The molecule has 0 aliphatic heterocycles. The summed E-state index contributed by atoms with van der Waals surface area (Å²) >= 11 is 0. The van der Waals surface area contributed by atoms with E-state index in [-0.39, 0.29) is 11.1 Å². The first-order valence-corrected chi connectivity index (χ1v) is 8.14. The molecule has 23 heavy (non-hydrogen) atoms. The van der Waals surface area contributed by atoms with Gasteiger partial charge in [0.1, 0.15) is 6.07 Å². The van der Waals surface area contributed by atoms with Gasteiger partial charge in [-0.05, 0) is 36.1 Å². The minimum Gasteiger partial charge on any atom is -0.203 e. The zero-order valence-electron chi connectivity index (χ0n) is 13.4. The van der Waals surface area contributed by atoms with Gasteiger partial charge in [-0.25, -0.2) is 8.78 Å². The first kappa shape index (κ1) is 17.1. The third-order valence-corrected chi connectivity index (χ3v) is 4.04. The van der Waals surface area contributed by atoms with Crippen molar-refractivity contribution < 1.29 is 8.78 Å². The predicted octanol–water partition coefficient (Wildman–Crippen LogP) is 6.02. The van der Waals surface area contributed by atoms with E-state index in [9.17, 15) is 8.78 Å². The zero-order valence-corrected chi connectivity index (χ0v) is 13.4. The summed E-state index contributed by atoms with van der Waals surface area (Å²) in [6.45, 7) is 2.20. The van der Waals surface area contributed by atoms with E-state index in [1.54, 1.807) is 6.07 Å². The molecule has 0 aromatic heterocycles. The number of halogens is 2. The molecule has 0 aliphatic carbocycles. The van der Waals surface area contributed by atoms with E-state index in [0.29, 0.717) is 5.56 Å². The van der Waals surface area contributed by atoms with Crippen LogP contribution in [0.15, 0.2) is 36.4 Å². The molecule has 0 fully saturated rings. The maximum Gasteiger partial charge on any atom is 0.177 e. The molecule has 120 valence electrons. The van der Waals surface area contributed by atoms with Crippen molar-refractivity contribution in [2.75, 3.05) is 0 Å². The summed E-state index contributed by atoms with van der Waals surface area (Å²) in [4.78, 5) is 0. The quantitative estimate of drug-likeness (QED) is 0.574. The van der Waals surface area contributed by atoms with Crippen LogP contribution in [0, 0.1) is 23.0 Å². The van der Waals surface area contributed by atoms with Crippen molar-refractivity contribution in [3.8, 4) is 17.2 Å². The van der Waals surface area contributed by atoms with E-state index in [4.69, 9.17) is 5.26 Å². The number of hydrogen-bond acceptors (Lipinski definition) is 1. The van der Waals surface area contributed by atoms with Crippen LogP contribution in [-0.2, 0) is 6.42 Å². The lowest BCUT2D eigenvalue weighted by molar-refractivity contribution is 0.509. The lowest BCUT2D eigenvalue weighted by Crippen LogP contribution is -1.94. The molecule has 0 heterocycles. The van der Waals surface area contributed by atoms with Gasteiger partial charge in [0.05, 0.1) is 5.56 Å². The Bertz CT molecular complexity index is 684. The molecule has 0 spiro atoms. The third kappa shape index (κ3) is 4.39. The molecule has 0 saturated heterocycles. The van der Waals surface area contributed by atoms with Gasteiger partial charge in [0, 0.05) is 5.56 Å². The van der Waals surface area contributed by atoms with Crippen LogP contribution in [0.1, 0.15) is 50.2 Å². The minimum absolute atomic E-state index is 0.191. The molecule has 2 rings (SSSR count). The van der Waals surface area contributed by atoms with Gasteiger partial charge >= 0.3 is 0 Å². The summed E-state index contributed by atoms with van der Waals surface area (Å²) < 4.78 is 27.7. The van der Waals surface area contributed by atoms with Crippen LogP contribution in [0.2, 0.25) is 0 Å². The standard InChI is InChI=1S/C20H21F2N/c1-2-3-4-5-6-7-15-8-10-16(11-9-15)18-13-12-17(14-23)19(21)20(18)22/h8-13H,2-7H2,1H3. The summed E-state index contributed by atoms with van der Waals surface area (Å²) in [7, 11) is 0. The van der Waals surface area contributed by atoms with Crippen molar-refractivity contribution in [3.05, 3.63) is 59.2 Å². The Morgan fingerprint density at radius 2 is 1.57 bits per heavy atom. The van der Waals surface area contributed by atoms with E-state index >= 15 is 0 Å². The number of nitriles is 1. The molecule has 2 aromatic carbocycles. The maximum atomic E-state index is 14.0. The molecule has 1 nitrogen and oxygen atoms in total. The second-order valence-corrected chi connectivity index (χ2v) is 5.76. The normalized spacial score (nSPS) is 10.5. The smallest absolute Gasteiger partial charge is 0.177 e. The molecule has 2 aromatic rings. The molecule has 3 heteroatoms. The number of unbranched alkanes of at least 4 members (excludes halogenated alkanes) is 4. The molecule has 0 bridgehead atoms. The lowest BCUT2D eigenvalue weighted by Gasteiger charge is -2.07. The fourth-order valence-corrected chi connectivity index (χ4v) is 2.64. The first-order chi connectivity index (χ1) is 11.2. The highest BCUT2D eigenvalue weighted by molar-refractivity contribution is 5.65. The van der Waals surface area contributed by atoms with Gasteiger partial charge < -0.3 is 0 Å². The highest BCUT2D eigenvalue weighted by atomic mass is 19.2. The Balaban J connectivity index is 2.05. The van der Waals surface area contributed by atoms with Gasteiger partial charge in [-0.15, -0.1) is 0 Å². The summed E-state index contributed by atoms with van der Waals surface area (Å²) in [5.74, 6) is -2.04. The highest BCUT2D eigenvalue weighted by Crippen LogP contribution is 2.26. The van der Waals surface area contributed by atoms with E-state index in [2.05, 4.69) is 6.92 Å². The van der Waals surface area contributed by atoms with E-state index < -0.39 is 11.6 Å². The van der Waals surface area contributed by atoms with Crippen LogP contribution in [0.3, 0.4) is 0 Å². The van der Waals surface area contributed by atoms with Crippen molar-refractivity contribution in [2.24, 2.45) is 0 Å². The number of nitrogens with zero attached hydrogens (tertiary/aromatic N) is 1. The molecular weight excluding hydrogens is 292 g/mol. The number of benzene rings is 2. The SMILES string of the molecule is CCCCCCCc1ccc(-c2ccc(C#N)c(F)c2F)cc1. The highest BCUT2D eigenvalue weighted by Gasteiger charge is 2.14. The molecule has 0 amide bonds. The second-order valence-electron chi connectivity index (χ2n) is 5.76. The lowest BCUT2D eigenvalue weighted by atomic mass is 9.99. The van der Waals surface area contributed by atoms with Crippen LogP contribution in [0.5, 0.6) is 0 Å². The molecular formula is C20H21F2N. The summed E-state index contributed by atoms with van der Waals surface area (Å²) in [5.41, 5.74) is 1.76. The predicted molar refractivity (Wildman–Crippen MR) is 89.0 cm³/mol. The Hall–Kier alpha value is -2.21. The monoisotopic (exact) mass is 313 g/mol. The van der Waals surface area contributed by atoms with Crippen molar-refractivity contribution in [2.45, 2.75) is 45.4 Å². The van der Waals surface area contributed by atoms with Gasteiger partial charge in [0.15, 0.2) is 11.6 Å². The van der Waals surface area contributed by atoms with Crippen molar-refractivity contribution in [1.82, 2.24) is 0 Å². The van der Waals surface area contributed by atoms with Gasteiger partial charge in [-0.1, -0.05) is 56.9 Å². The number of rotatable bonds is 7. The molecule has 0 saturated carbocycles. The van der Waals surface area contributed by atoms with E-state index in [0.717, 1.165) is 12.8 Å². The summed E-state index contributed by atoms with van der Waals surface area (Å²) in [5, 5.41) is 8.72.